The number of carboxylic acid groups (broad SMARTS) is 1. The summed E-state index contributed by atoms with van der Waals surface area (Å²) >= 11 is 0. The summed E-state index contributed by atoms with van der Waals surface area (Å²) in [6.07, 6.45) is 0. The molecule has 0 aliphatic carbocycles. The molecule has 0 radical (unpaired) electrons. The first kappa shape index (κ1) is 12.0. The maximum atomic E-state index is 11.8. The quantitative estimate of drug-likeness (QED) is 0.738. The molecule has 5 nitrogen and oxygen atoms in total. The lowest BCUT2D eigenvalue weighted by Gasteiger charge is -2.16. The number of aryl methyl sites for hydroxylation is 1. The fourth-order valence-electron chi connectivity index (χ4n) is 1.41. The maximum Gasteiger partial charge on any atom is 0.323 e. The van der Waals surface area contributed by atoms with E-state index in [-0.39, 0.29) is 12.5 Å². The molecule has 0 spiro atoms. The van der Waals surface area contributed by atoms with E-state index in [1.54, 1.807) is 25.1 Å². The molecule has 0 aromatic heterocycles. The highest BCUT2D eigenvalue weighted by Crippen LogP contribution is 2.14. The lowest BCUT2D eigenvalue weighted by Crippen LogP contribution is -2.32. The Bertz CT molecular complexity index is 429. The van der Waals surface area contributed by atoms with Crippen LogP contribution in [0.25, 0.3) is 0 Å². The van der Waals surface area contributed by atoms with Crippen molar-refractivity contribution >= 4 is 17.6 Å². The monoisotopic (exact) mass is 222 g/mol. The normalized spacial score (nSPS) is 9.88. The van der Waals surface area contributed by atoms with Crippen LogP contribution in [-0.2, 0) is 4.79 Å². The van der Waals surface area contributed by atoms with Gasteiger partial charge in [-0.25, -0.2) is 0 Å². The van der Waals surface area contributed by atoms with Crippen molar-refractivity contribution in [2.75, 3.05) is 19.3 Å². The van der Waals surface area contributed by atoms with Gasteiger partial charge in [-0.2, -0.15) is 0 Å². The number of hydrogen-bond donors (Lipinski definition) is 2. The lowest BCUT2D eigenvalue weighted by molar-refractivity contribution is -0.137. The van der Waals surface area contributed by atoms with Crippen LogP contribution in [0.15, 0.2) is 18.2 Å². The molecule has 0 saturated carbocycles. The number of hydrogen-bond acceptors (Lipinski definition) is 3. The standard InChI is InChI=1S/C11H14N2O3/c1-7-5-8(12)3-4-9(7)11(16)13(2)6-10(14)15/h3-5H,6,12H2,1-2H3,(H,14,15). The SMILES string of the molecule is Cc1cc(N)ccc1C(=O)N(C)CC(=O)O. The van der Waals surface area contributed by atoms with Gasteiger partial charge in [-0.05, 0) is 30.7 Å². The van der Waals surface area contributed by atoms with Crippen LogP contribution < -0.4 is 5.73 Å². The molecule has 1 amide bonds. The first-order valence-electron chi connectivity index (χ1n) is 4.75. The number of nitrogen functional groups attached to an aromatic ring is 1. The van der Waals surface area contributed by atoms with Gasteiger partial charge in [0, 0.05) is 18.3 Å². The van der Waals surface area contributed by atoms with Gasteiger partial charge in [0.25, 0.3) is 5.91 Å². The molecule has 1 aromatic carbocycles. The molecular weight excluding hydrogens is 208 g/mol. The Hall–Kier alpha value is -2.04. The largest absolute Gasteiger partial charge is 0.480 e. The maximum absolute atomic E-state index is 11.8. The van der Waals surface area contributed by atoms with Crippen molar-refractivity contribution in [2.45, 2.75) is 6.92 Å². The second kappa shape index (κ2) is 4.65. The number of carboxylic acids is 1. The van der Waals surface area contributed by atoms with Gasteiger partial charge in [-0.3, -0.25) is 9.59 Å². The van der Waals surface area contributed by atoms with E-state index < -0.39 is 5.97 Å². The zero-order chi connectivity index (χ0) is 12.3. The summed E-state index contributed by atoms with van der Waals surface area (Å²) < 4.78 is 0. The second-order valence-electron chi connectivity index (χ2n) is 3.63. The Morgan fingerprint density at radius 1 is 1.44 bits per heavy atom. The Balaban J connectivity index is 2.92. The number of amides is 1. The highest BCUT2D eigenvalue weighted by molar-refractivity contribution is 5.97. The average Bonchev–Trinajstić information content (AvgIpc) is 2.15. The van der Waals surface area contributed by atoms with E-state index in [0.29, 0.717) is 11.3 Å². The van der Waals surface area contributed by atoms with E-state index in [2.05, 4.69) is 0 Å². The number of anilines is 1. The van der Waals surface area contributed by atoms with Gasteiger partial charge in [-0.1, -0.05) is 0 Å². The molecule has 0 aliphatic heterocycles. The van der Waals surface area contributed by atoms with Gasteiger partial charge in [-0.15, -0.1) is 0 Å². The zero-order valence-corrected chi connectivity index (χ0v) is 9.23. The molecule has 0 saturated heterocycles. The summed E-state index contributed by atoms with van der Waals surface area (Å²) in [5.41, 5.74) is 7.35. The number of nitrogens with zero attached hydrogens (tertiary/aromatic N) is 1. The molecule has 0 aliphatic rings. The van der Waals surface area contributed by atoms with Crippen LogP contribution in [-0.4, -0.2) is 35.5 Å². The van der Waals surface area contributed by atoms with Crippen molar-refractivity contribution < 1.29 is 14.7 Å². The Kier molecular flexibility index (Phi) is 3.50. The molecule has 0 unspecified atom stereocenters. The topological polar surface area (TPSA) is 83.6 Å². The van der Waals surface area contributed by atoms with Crippen molar-refractivity contribution in [1.82, 2.24) is 4.90 Å². The number of carbonyl (C=O) groups is 2. The van der Waals surface area contributed by atoms with Crippen molar-refractivity contribution in [3.8, 4) is 0 Å². The second-order valence-corrected chi connectivity index (χ2v) is 3.63. The van der Waals surface area contributed by atoms with Gasteiger partial charge in [0.1, 0.15) is 6.54 Å². The lowest BCUT2D eigenvalue weighted by atomic mass is 10.1. The molecule has 3 N–H and O–H groups in total. The minimum atomic E-state index is -1.04. The van der Waals surface area contributed by atoms with Crippen LogP contribution >= 0.6 is 0 Å². The van der Waals surface area contributed by atoms with E-state index in [4.69, 9.17) is 10.8 Å². The third kappa shape index (κ3) is 2.73. The van der Waals surface area contributed by atoms with E-state index in [1.165, 1.54) is 7.05 Å². The number of nitrogens with two attached hydrogens (primary N) is 1. The van der Waals surface area contributed by atoms with E-state index in [1.807, 2.05) is 0 Å². The Morgan fingerprint density at radius 3 is 2.56 bits per heavy atom. The molecule has 1 rings (SSSR count). The van der Waals surface area contributed by atoms with Gasteiger partial charge in [0.15, 0.2) is 0 Å². The predicted molar refractivity (Wildman–Crippen MR) is 60.2 cm³/mol. The van der Waals surface area contributed by atoms with Crippen LogP contribution in [0.5, 0.6) is 0 Å². The minimum absolute atomic E-state index is 0.317. The minimum Gasteiger partial charge on any atom is -0.480 e. The van der Waals surface area contributed by atoms with Crippen molar-refractivity contribution in [1.29, 1.82) is 0 Å². The molecule has 16 heavy (non-hydrogen) atoms. The summed E-state index contributed by atoms with van der Waals surface area (Å²) in [4.78, 5) is 23.5. The van der Waals surface area contributed by atoms with Crippen LogP contribution in [0, 0.1) is 6.92 Å². The molecule has 0 bridgehead atoms. The number of likely N-dealkylation sites (N-methyl/N-ethyl adjacent to an activating group) is 1. The van der Waals surface area contributed by atoms with Gasteiger partial charge >= 0.3 is 5.97 Å². The van der Waals surface area contributed by atoms with Crippen LogP contribution in [0.3, 0.4) is 0 Å². The van der Waals surface area contributed by atoms with Gasteiger partial charge < -0.3 is 15.7 Å². The average molecular weight is 222 g/mol. The van der Waals surface area contributed by atoms with Gasteiger partial charge in [0.2, 0.25) is 0 Å². The number of benzene rings is 1. The third-order valence-corrected chi connectivity index (χ3v) is 2.20. The summed E-state index contributed by atoms with van der Waals surface area (Å²) in [5.74, 6) is -1.36. The molecule has 86 valence electrons. The Morgan fingerprint density at radius 2 is 2.06 bits per heavy atom. The molecule has 5 heteroatoms. The van der Waals surface area contributed by atoms with E-state index in [9.17, 15) is 9.59 Å². The van der Waals surface area contributed by atoms with Crippen LogP contribution in [0.4, 0.5) is 5.69 Å². The molecule has 0 heterocycles. The fourth-order valence-corrected chi connectivity index (χ4v) is 1.41. The predicted octanol–water partition coefficient (Wildman–Crippen LogP) is 0.734. The smallest absolute Gasteiger partial charge is 0.323 e. The highest BCUT2D eigenvalue weighted by Gasteiger charge is 2.15. The molecule has 1 aromatic rings. The number of aliphatic carboxylic acids is 1. The summed E-state index contributed by atoms with van der Waals surface area (Å²) in [6, 6.07) is 4.90. The Labute approximate surface area is 93.5 Å². The molecular formula is C11H14N2O3. The van der Waals surface area contributed by atoms with E-state index >= 15 is 0 Å². The van der Waals surface area contributed by atoms with Gasteiger partial charge in [0.05, 0.1) is 0 Å². The van der Waals surface area contributed by atoms with E-state index in [0.717, 1.165) is 10.5 Å². The molecule has 0 fully saturated rings. The van der Waals surface area contributed by atoms with Crippen LogP contribution in [0.1, 0.15) is 15.9 Å². The van der Waals surface area contributed by atoms with Crippen molar-refractivity contribution in [3.63, 3.8) is 0 Å². The summed E-state index contributed by atoms with van der Waals surface area (Å²) in [5, 5.41) is 8.58. The first-order valence-corrected chi connectivity index (χ1v) is 4.75. The highest BCUT2D eigenvalue weighted by atomic mass is 16.4. The van der Waals surface area contributed by atoms with Crippen LogP contribution in [0.2, 0.25) is 0 Å². The summed E-state index contributed by atoms with van der Waals surface area (Å²) in [6.45, 7) is 1.45. The van der Waals surface area contributed by atoms with Crippen molar-refractivity contribution in [2.24, 2.45) is 0 Å². The zero-order valence-electron chi connectivity index (χ0n) is 9.23. The third-order valence-electron chi connectivity index (χ3n) is 2.20. The summed E-state index contributed by atoms with van der Waals surface area (Å²) in [7, 11) is 1.45. The number of carbonyl (C=O) groups excluding carboxylic acids is 1. The van der Waals surface area contributed by atoms with Crippen molar-refractivity contribution in [3.05, 3.63) is 29.3 Å². The first-order chi connectivity index (χ1) is 7.41. The fraction of sp³-hybridized carbons (Fsp3) is 0.273. The number of rotatable bonds is 3. The molecule has 0 atom stereocenters.